The predicted molar refractivity (Wildman–Crippen MR) is 180 cm³/mol. The minimum Gasteiger partial charge on any atom is -0.656 e. The maximum absolute atomic E-state index is 10.8. The molecule has 5 aliphatic rings. The van der Waals surface area contributed by atoms with Crippen LogP contribution in [-0.2, 0) is 20.4 Å². The van der Waals surface area contributed by atoms with Crippen LogP contribution in [0.25, 0.3) is 5.32 Å². The summed E-state index contributed by atoms with van der Waals surface area (Å²) in [4.78, 5) is 15.1. The molecule has 8 bridgehead atoms. The molecule has 233 valence electrons. The van der Waals surface area contributed by atoms with Crippen molar-refractivity contribution in [2.75, 3.05) is 13.6 Å². The Hall–Kier alpha value is -3.05. The first-order valence-electron chi connectivity index (χ1n) is 15.3. The molecule has 5 rings (SSSR count). The number of hydrogen-bond donors (Lipinski definition) is 3. The van der Waals surface area contributed by atoms with Crippen LogP contribution in [0, 0.1) is 5.92 Å². The summed E-state index contributed by atoms with van der Waals surface area (Å²) in [5.41, 5.74) is 20.6. The van der Waals surface area contributed by atoms with Crippen molar-refractivity contribution in [3.8, 4) is 0 Å². The van der Waals surface area contributed by atoms with Crippen LogP contribution in [-0.4, -0.2) is 35.8 Å². The van der Waals surface area contributed by atoms with Gasteiger partial charge in [-0.3, -0.25) is 0 Å². The van der Waals surface area contributed by atoms with E-state index in [4.69, 9.17) is 20.7 Å². The Bertz CT molecular complexity index is 1490. The third-order valence-electron chi connectivity index (χ3n) is 7.98. The molecule has 0 aromatic heterocycles. The smallest absolute Gasteiger partial charge is 0.0777 e. The summed E-state index contributed by atoms with van der Waals surface area (Å²) in [6, 6.07) is 0. The van der Waals surface area contributed by atoms with E-state index in [2.05, 4.69) is 71.3 Å². The molecule has 4 N–H and O–H groups in total. The van der Waals surface area contributed by atoms with Crippen LogP contribution in [0.1, 0.15) is 88.5 Å². The summed E-state index contributed by atoms with van der Waals surface area (Å²) >= 11 is 0. The molecule has 1 radical (unpaired) electrons. The Kier molecular flexibility index (Phi) is 13.1. The van der Waals surface area contributed by atoms with E-state index in [-0.39, 0.29) is 32.2 Å². The molecule has 5 aliphatic heterocycles. The van der Waals surface area contributed by atoms with Gasteiger partial charge in [0.2, 0.25) is 0 Å². The van der Waals surface area contributed by atoms with Gasteiger partial charge in [0.25, 0.3) is 0 Å². The monoisotopic (exact) mass is 756 g/mol. The van der Waals surface area contributed by atoms with Gasteiger partial charge in [0.15, 0.2) is 0 Å². The molecule has 0 saturated carbocycles. The van der Waals surface area contributed by atoms with Gasteiger partial charge in [-0.15, -0.1) is 7.05 Å². The molecule has 7 nitrogen and oxygen atoms in total. The Balaban J connectivity index is 0.00000101. The number of aliphatic hydroxyl groups excluding tert-OH is 1. The Labute approximate surface area is 272 Å². The normalized spacial score (nSPS) is 21.8. The van der Waals surface area contributed by atoms with Gasteiger partial charge in [-0.25, -0.2) is 15.0 Å². The van der Waals surface area contributed by atoms with Crippen molar-refractivity contribution in [3.63, 3.8) is 0 Å². The number of hydrogen-bond acceptors (Lipinski definition) is 6. The fourth-order valence-corrected chi connectivity index (χ4v) is 5.58. The third-order valence-corrected chi connectivity index (χ3v) is 7.98. The zero-order chi connectivity index (χ0) is 31.3. The van der Waals surface area contributed by atoms with E-state index in [9.17, 15) is 5.11 Å². The topological polar surface area (TPSA) is 109 Å². The molecule has 0 aromatic rings. The second-order valence-corrected chi connectivity index (χ2v) is 10.9. The minimum atomic E-state index is -0.00569. The van der Waals surface area contributed by atoms with Gasteiger partial charge in [0, 0.05) is 55.7 Å². The van der Waals surface area contributed by atoms with Gasteiger partial charge in [-0.2, -0.15) is 0 Å². The van der Waals surface area contributed by atoms with Crippen LogP contribution in [0.4, 0.5) is 0 Å². The van der Waals surface area contributed by atoms with Gasteiger partial charge < -0.3 is 21.5 Å². The van der Waals surface area contributed by atoms with Gasteiger partial charge in [-0.1, -0.05) is 48.0 Å². The first-order chi connectivity index (χ1) is 20.1. The summed E-state index contributed by atoms with van der Waals surface area (Å²) in [5, 5.41) is 18.5. The molecule has 1 atom stereocenters. The van der Waals surface area contributed by atoms with Crippen molar-refractivity contribution < 1.29 is 25.5 Å². The van der Waals surface area contributed by atoms with Crippen LogP contribution in [0.2, 0.25) is 0 Å². The number of allylic oxidation sites excluding steroid dienone is 11. The van der Waals surface area contributed by atoms with Crippen molar-refractivity contribution in [1.29, 1.82) is 0 Å². The second kappa shape index (κ2) is 15.6. The first-order valence-corrected chi connectivity index (χ1v) is 15.3. The van der Waals surface area contributed by atoms with Crippen molar-refractivity contribution in [2.45, 2.75) is 88.5 Å². The maximum Gasteiger partial charge on any atom is 0.0777 e. The van der Waals surface area contributed by atoms with Crippen molar-refractivity contribution in [3.05, 3.63) is 96.9 Å². The Morgan fingerprint density at radius 2 is 1.47 bits per heavy atom. The van der Waals surface area contributed by atoms with Gasteiger partial charge in [-0.05, 0) is 92.2 Å². The maximum atomic E-state index is 10.8. The molecular formula is C35H49N6ORe-. The molecule has 0 amide bonds. The summed E-state index contributed by atoms with van der Waals surface area (Å²) in [5.74, 6) is 0.284. The van der Waals surface area contributed by atoms with Crippen molar-refractivity contribution >= 4 is 17.1 Å². The Morgan fingerprint density at radius 1 is 0.907 bits per heavy atom. The molecule has 1 unspecified atom stereocenters. The van der Waals surface area contributed by atoms with Crippen LogP contribution >= 0.6 is 0 Å². The van der Waals surface area contributed by atoms with Gasteiger partial charge in [0.05, 0.1) is 34.2 Å². The fourth-order valence-electron chi connectivity index (χ4n) is 5.58. The fraction of sp³-hybridized carbons (Fsp3) is 0.457. The van der Waals surface area contributed by atoms with Gasteiger partial charge in [0.1, 0.15) is 0 Å². The van der Waals surface area contributed by atoms with Crippen molar-refractivity contribution in [1.82, 2.24) is 5.32 Å². The quantitative estimate of drug-likeness (QED) is 0.252. The van der Waals surface area contributed by atoms with E-state index in [1.165, 1.54) is 12.0 Å². The molecule has 43 heavy (non-hydrogen) atoms. The number of rotatable bonds is 3. The number of aliphatic imine (C=N–C) groups is 3. The molecule has 8 heteroatoms. The molecule has 1 fully saturated rings. The van der Waals surface area contributed by atoms with E-state index in [0.717, 1.165) is 86.3 Å². The van der Waals surface area contributed by atoms with Crippen LogP contribution in [0.15, 0.2) is 107 Å². The number of fused-ring (bicyclic) bond motifs is 5. The Morgan fingerprint density at radius 3 is 2.02 bits per heavy atom. The average molecular weight is 756 g/mol. The van der Waals surface area contributed by atoms with E-state index < -0.39 is 0 Å². The predicted octanol–water partition coefficient (Wildman–Crippen LogP) is 8.41. The number of nitrogens with one attached hydrogen (secondary N) is 1. The molecule has 0 spiro atoms. The number of aliphatic hydroxyl groups is 1. The zero-order valence-corrected chi connectivity index (χ0v) is 30.5. The largest absolute Gasteiger partial charge is 0.656 e. The van der Waals surface area contributed by atoms with E-state index in [1.807, 2.05) is 26.8 Å². The van der Waals surface area contributed by atoms with Gasteiger partial charge >= 0.3 is 0 Å². The number of nitrogens with zero attached hydrogens (tertiary/aromatic N) is 4. The molecule has 0 aromatic carbocycles. The van der Waals surface area contributed by atoms with E-state index in [1.54, 1.807) is 7.05 Å². The van der Waals surface area contributed by atoms with Crippen LogP contribution < -0.4 is 11.1 Å². The average Bonchev–Trinajstić information content (AvgIpc) is 3.68. The van der Waals surface area contributed by atoms with E-state index in [0.29, 0.717) is 12.1 Å². The standard InChI is InChI=1S/C30H35N6O.C3H8.C2H6.Re/c1-8-19-15(3)24-11-27-20(13-31)16(4)23(35-27)10-21-14(2)9-22(33-21)18(6)29-28(30(37)32-7)17(5)25(36-29)12-26(19)34-24;1-3-2;1-2;/h10-12,14H,8-9,13,31H2,1-7H3,(H2-,32,33,34,35,36,37);3H2,1-2H3;1-2H3;/q-1;;;. The molecule has 0 aliphatic carbocycles. The first kappa shape index (κ1) is 36.1. The summed E-state index contributed by atoms with van der Waals surface area (Å²) < 4.78 is 0. The molecule has 1 saturated heterocycles. The van der Waals surface area contributed by atoms with Crippen molar-refractivity contribution in [2.24, 2.45) is 26.6 Å². The third kappa shape index (κ3) is 7.03. The zero-order valence-electron chi connectivity index (χ0n) is 27.8. The summed E-state index contributed by atoms with van der Waals surface area (Å²) in [6.07, 6.45) is 9.19. The number of nitrogens with two attached hydrogens (primary N) is 1. The molecular weight excluding hydrogens is 707 g/mol. The summed E-state index contributed by atoms with van der Waals surface area (Å²) in [6.45, 7) is 21.3. The SMILES string of the molecule is CC.CCC.CCC1=C(C)C2=NC1=CC1=C(C)/C(=C(/O)[N-]C)C(=N1)C(C)=C1CC(C)C(=CC3=NC(=C2)C(CN)=C3C)N1.[Re]. The second-order valence-electron chi connectivity index (χ2n) is 10.9. The van der Waals surface area contributed by atoms with Crippen LogP contribution in [0.3, 0.4) is 0 Å². The van der Waals surface area contributed by atoms with Crippen LogP contribution in [0.5, 0.6) is 0 Å². The van der Waals surface area contributed by atoms with E-state index >= 15 is 0 Å². The minimum absolute atomic E-state index is 0. The molecule has 5 heterocycles. The summed E-state index contributed by atoms with van der Waals surface area (Å²) in [7, 11) is 1.60.